The summed E-state index contributed by atoms with van der Waals surface area (Å²) in [6, 6.07) is 0.363. The fraction of sp³-hybridized carbons (Fsp3) is 0.929. The van der Waals surface area contributed by atoms with Crippen molar-refractivity contribution in [3.8, 4) is 0 Å². The van der Waals surface area contributed by atoms with E-state index in [1.54, 1.807) is 0 Å². The number of carbonyl (C=O) groups is 1. The summed E-state index contributed by atoms with van der Waals surface area (Å²) in [6.45, 7) is 7.32. The lowest BCUT2D eigenvalue weighted by Gasteiger charge is -2.42. The zero-order valence-electron chi connectivity index (χ0n) is 11.8. The van der Waals surface area contributed by atoms with Gasteiger partial charge in [-0.2, -0.15) is 0 Å². The van der Waals surface area contributed by atoms with Crippen LogP contribution < -0.4 is 5.73 Å². The van der Waals surface area contributed by atoms with E-state index in [1.807, 2.05) is 25.7 Å². The van der Waals surface area contributed by atoms with E-state index in [4.69, 9.17) is 10.5 Å². The van der Waals surface area contributed by atoms with E-state index in [2.05, 4.69) is 0 Å². The van der Waals surface area contributed by atoms with Gasteiger partial charge in [0.25, 0.3) is 0 Å². The summed E-state index contributed by atoms with van der Waals surface area (Å²) in [4.78, 5) is 14.2. The highest BCUT2D eigenvalue weighted by atomic mass is 16.6. The molecular weight excluding hydrogens is 228 g/mol. The molecule has 1 aliphatic heterocycles. The van der Waals surface area contributed by atoms with Crippen LogP contribution >= 0.6 is 0 Å². The minimum atomic E-state index is -0.407. The lowest BCUT2D eigenvalue weighted by molar-refractivity contribution is -0.00401. The van der Waals surface area contributed by atoms with Crippen LogP contribution in [0.2, 0.25) is 0 Å². The lowest BCUT2D eigenvalue weighted by Crippen LogP contribution is -2.52. The largest absolute Gasteiger partial charge is 0.444 e. The van der Waals surface area contributed by atoms with Crippen LogP contribution in [0.15, 0.2) is 0 Å². The van der Waals surface area contributed by atoms with Crippen LogP contribution in [-0.4, -0.2) is 35.7 Å². The predicted octanol–water partition coefficient (Wildman–Crippen LogP) is 2.37. The maximum absolute atomic E-state index is 12.2. The van der Waals surface area contributed by atoms with E-state index in [9.17, 15) is 4.79 Å². The number of nitrogens with zero attached hydrogens (tertiary/aromatic N) is 1. The van der Waals surface area contributed by atoms with Gasteiger partial charge < -0.3 is 15.4 Å². The Kier molecular flexibility index (Phi) is 3.85. The molecule has 2 aliphatic rings. The second-order valence-electron chi connectivity index (χ2n) is 6.62. The summed E-state index contributed by atoms with van der Waals surface area (Å²) >= 11 is 0. The summed E-state index contributed by atoms with van der Waals surface area (Å²) in [7, 11) is 0. The Labute approximate surface area is 110 Å². The molecule has 0 aromatic carbocycles. The molecule has 2 N–H and O–H groups in total. The third kappa shape index (κ3) is 2.79. The Morgan fingerprint density at radius 2 is 2.06 bits per heavy atom. The van der Waals surface area contributed by atoms with Crippen LogP contribution in [0, 0.1) is 11.8 Å². The summed E-state index contributed by atoms with van der Waals surface area (Å²) in [5.41, 5.74) is 5.44. The first-order valence-electron chi connectivity index (χ1n) is 7.12. The molecule has 2 fully saturated rings. The molecule has 4 nitrogen and oxygen atoms in total. The van der Waals surface area contributed by atoms with Crippen LogP contribution in [0.3, 0.4) is 0 Å². The molecule has 1 amide bonds. The Hall–Kier alpha value is -0.770. The highest BCUT2D eigenvalue weighted by Gasteiger charge is 2.43. The van der Waals surface area contributed by atoms with E-state index in [1.165, 1.54) is 12.8 Å². The molecule has 0 aromatic rings. The van der Waals surface area contributed by atoms with Crippen LogP contribution in [0.1, 0.15) is 46.5 Å². The van der Waals surface area contributed by atoms with E-state index in [0.29, 0.717) is 17.9 Å². The van der Waals surface area contributed by atoms with E-state index in [-0.39, 0.29) is 6.09 Å². The molecule has 0 bridgehead atoms. The van der Waals surface area contributed by atoms with Crippen LogP contribution in [0.4, 0.5) is 4.79 Å². The first kappa shape index (κ1) is 13.7. The average Bonchev–Trinajstić information content (AvgIpc) is 2.73. The number of piperidine rings is 1. The Morgan fingerprint density at radius 3 is 2.67 bits per heavy atom. The average molecular weight is 254 g/mol. The molecule has 18 heavy (non-hydrogen) atoms. The van der Waals surface area contributed by atoms with Gasteiger partial charge in [0.15, 0.2) is 0 Å². The zero-order chi connectivity index (χ0) is 13.3. The molecule has 0 radical (unpaired) electrons. The first-order valence-corrected chi connectivity index (χ1v) is 7.12. The van der Waals surface area contributed by atoms with Gasteiger partial charge in [-0.3, -0.25) is 0 Å². The number of hydrogen-bond acceptors (Lipinski definition) is 3. The summed E-state index contributed by atoms with van der Waals surface area (Å²) in [5.74, 6) is 1.19. The van der Waals surface area contributed by atoms with Crippen molar-refractivity contribution in [2.75, 3.05) is 13.1 Å². The number of ether oxygens (including phenoxy) is 1. The van der Waals surface area contributed by atoms with Crippen LogP contribution in [0.5, 0.6) is 0 Å². The molecule has 1 heterocycles. The minimum Gasteiger partial charge on any atom is -0.444 e. The fourth-order valence-electron chi connectivity index (χ4n) is 3.43. The quantitative estimate of drug-likeness (QED) is 0.781. The molecule has 1 saturated carbocycles. The topological polar surface area (TPSA) is 55.6 Å². The van der Waals surface area contributed by atoms with E-state index in [0.717, 1.165) is 25.9 Å². The summed E-state index contributed by atoms with van der Waals surface area (Å²) < 4.78 is 5.51. The molecular formula is C14H26N2O2. The van der Waals surface area contributed by atoms with Crippen molar-refractivity contribution in [1.82, 2.24) is 4.90 Å². The van der Waals surface area contributed by atoms with Crippen molar-refractivity contribution in [3.63, 3.8) is 0 Å². The number of rotatable bonds is 1. The highest BCUT2D eigenvalue weighted by molar-refractivity contribution is 5.68. The van der Waals surface area contributed by atoms with E-state index < -0.39 is 5.60 Å². The van der Waals surface area contributed by atoms with E-state index >= 15 is 0 Å². The molecule has 3 unspecified atom stereocenters. The summed E-state index contributed by atoms with van der Waals surface area (Å²) in [5, 5.41) is 0. The zero-order valence-corrected chi connectivity index (χ0v) is 11.8. The molecule has 4 heteroatoms. The maximum Gasteiger partial charge on any atom is 0.410 e. The smallest absolute Gasteiger partial charge is 0.410 e. The number of nitrogens with two attached hydrogens (primary N) is 1. The van der Waals surface area contributed by atoms with Gasteiger partial charge in [-0.25, -0.2) is 4.79 Å². The molecule has 3 atom stereocenters. The van der Waals surface area contributed by atoms with Gasteiger partial charge in [0.05, 0.1) is 0 Å². The SMILES string of the molecule is CC(C)(C)OC(=O)N1CCC(CN)C2CCCC21. The van der Waals surface area contributed by atoms with Gasteiger partial charge in [0.1, 0.15) is 5.60 Å². The molecule has 2 rings (SSSR count). The Bertz CT molecular complexity index is 311. The fourth-order valence-corrected chi connectivity index (χ4v) is 3.43. The lowest BCUT2D eigenvalue weighted by atomic mass is 9.81. The number of likely N-dealkylation sites (tertiary alicyclic amines) is 1. The monoisotopic (exact) mass is 254 g/mol. The third-order valence-electron chi connectivity index (χ3n) is 4.21. The van der Waals surface area contributed by atoms with Gasteiger partial charge in [-0.05, 0) is 58.4 Å². The second kappa shape index (κ2) is 5.08. The second-order valence-corrected chi connectivity index (χ2v) is 6.62. The van der Waals surface area contributed by atoms with Crippen molar-refractivity contribution in [1.29, 1.82) is 0 Å². The number of hydrogen-bond donors (Lipinski definition) is 1. The van der Waals surface area contributed by atoms with Gasteiger partial charge in [-0.1, -0.05) is 6.42 Å². The first-order chi connectivity index (χ1) is 8.42. The van der Waals surface area contributed by atoms with Crippen LogP contribution in [0.25, 0.3) is 0 Å². The molecule has 104 valence electrons. The number of carbonyl (C=O) groups excluding carboxylic acids is 1. The predicted molar refractivity (Wildman–Crippen MR) is 71.2 cm³/mol. The van der Waals surface area contributed by atoms with Gasteiger partial charge in [0.2, 0.25) is 0 Å². The molecule has 1 saturated heterocycles. The summed E-state index contributed by atoms with van der Waals surface area (Å²) in [6.07, 6.45) is 4.42. The van der Waals surface area contributed by atoms with Crippen LogP contribution in [-0.2, 0) is 4.74 Å². The molecule has 1 aliphatic carbocycles. The van der Waals surface area contributed by atoms with Crippen molar-refractivity contribution in [3.05, 3.63) is 0 Å². The van der Waals surface area contributed by atoms with Gasteiger partial charge >= 0.3 is 6.09 Å². The van der Waals surface area contributed by atoms with Gasteiger partial charge in [-0.15, -0.1) is 0 Å². The van der Waals surface area contributed by atoms with Crippen molar-refractivity contribution in [2.24, 2.45) is 17.6 Å². The number of fused-ring (bicyclic) bond motifs is 1. The maximum atomic E-state index is 12.2. The standard InChI is InChI=1S/C14H26N2O2/c1-14(2,3)18-13(17)16-8-7-10(9-15)11-5-4-6-12(11)16/h10-12H,4-9,15H2,1-3H3. The van der Waals surface area contributed by atoms with Gasteiger partial charge in [0, 0.05) is 12.6 Å². The van der Waals surface area contributed by atoms with Crippen molar-refractivity contribution >= 4 is 6.09 Å². The van der Waals surface area contributed by atoms with Crippen molar-refractivity contribution < 1.29 is 9.53 Å². The van der Waals surface area contributed by atoms with Crippen molar-refractivity contribution in [2.45, 2.75) is 58.1 Å². The Morgan fingerprint density at radius 1 is 1.33 bits per heavy atom. The third-order valence-corrected chi connectivity index (χ3v) is 4.21. The highest BCUT2D eigenvalue weighted by Crippen LogP contribution is 2.40. The normalized spacial score (nSPS) is 32.2. The Balaban J connectivity index is 2.04. The molecule has 0 aromatic heterocycles. The minimum absolute atomic E-state index is 0.144. The number of amides is 1. The molecule has 0 spiro atoms.